The molecule has 1 N–H and O–H groups in total. The van der Waals surface area contributed by atoms with E-state index in [4.69, 9.17) is 16.3 Å². The van der Waals surface area contributed by atoms with Gasteiger partial charge in [-0.2, -0.15) is 4.31 Å². The third-order valence-corrected chi connectivity index (χ3v) is 11.4. The molecule has 2 atom stereocenters. The minimum Gasteiger partial charge on any atom is -0.463 e. The molecule has 0 bridgehead atoms. The van der Waals surface area contributed by atoms with E-state index in [0.717, 1.165) is 36.7 Å². The predicted octanol–water partition coefficient (Wildman–Crippen LogP) is 1.17. The minimum atomic E-state index is -3.94. The van der Waals surface area contributed by atoms with Crippen LogP contribution in [-0.2, 0) is 19.6 Å². The van der Waals surface area contributed by atoms with Crippen LogP contribution in [-0.4, -0.2) is 126 Å². The van der Waals surface area contributed by atoms with Gasteiger partial charge in [0, 0.05) is 43.7 Å². The van der Waals surface area contributed by atoms with Crippen LogP contribution in [0.1, 0.15) is 19.8 Å². The molecule has 0 radical (unpaired) electrons. The van der Waals surface area contributed by atoms with Gasteiger partial charge >= 0.3 is 0 Å². The van der Waals surface area contributed by atoms with Gasteiger partial charge in [0.05, 0.1) is 31.2 Å². The first-order valence-electron chi connectivity index (χ1n) is 13.7. The topological polar surface area (TPSA) is 109 Å². The maximum Gasteiger partial charge on any atom is 0.287 e. The van der Waals surface area contributed by atoms with E-state index in [1.807, 2.05) is 4.90 Å². The van der Waals surface area contributed by atoms with Crippen LogP contribution in [0.2, 0.25) is 5.02 Å². The fraction of sp³-hybridized carbons (Fsp3) is 0.556. The summed E-state index contributed by atoms with van der Waals surface area (Å²) in [5, 5.41) is 13.7. The maximum absolute atomic E-state index is 14.0. The molecule has 214 valence electrons. The minimum absolute atomic E-state index is 0.0382. The third kappa shape index (κ3) is 3.95. The molecule has 0 aromatic heterocycles. The Morgan fingerprint density at radius 2 is 1.85 bits per heavy atom. The summed E-state index contributed by atoms with van der Waals surface area (Å²) >= 11 is 6.12. The van der Waals surface area contributed by atoms with E-state index in [0.29, 0.717) is 44.0 Å². The highest BCUT2D eigenvalue weighted by atomic mass is 35.5. The van der Waals surface area contributed by atoms with Crippen molar-refractivity contribution in [3.05, 3.63) is 41.4 Å². The lowest BCUT2D eigenvalue weighted by molar-refractivity contribution is -0.131. The molecule has 11 nitrogen and oxygen atoms in total. The SMILES string of the molecule is CC(=O)N1CN2C3(CCN(C4=NCCO4)CC3)CN3C(O)CN(S(=O)(=O)c4ccc5cc(Cl)ccc5c4)CC32C1. The molecule has 2 unspecified atom stereocenters. The van der Waals surface area contributed by atoms with Crippen molar-refractivity contribution in [2.45, 2.75) is 42.1 Å². The zero-order valence-electron chi connectivity index (χ0n) is 22.4. The summed E-state index contributed by atoms with van der Waals surface area (Å²) in [6.45, 7) is 5.80. The van der Waals surface area contributed by atoms with Gasteiger partial charge in [0.1, 0.15) is 18.5 Å². The lowest BCUT2D eigenvalue weighted by Crippen LogP contribution is -2.69. The van der Waals surface area contributed by atoms with Crippen LogP contribution in [0.3, 0.4) is 0 Å². The van der Waals surface area contributed by atoms with Crippen molar-refractivity contribution >= 4 is 44.3 Å². The number of aliphatic imine (C=N–C) groups is 1. The number of amides is 1. The van der Waals surface area contributed by atoms with Crippen LogP contribution < -0.4 is 0 Å². The first-order valence-corrected chi connectivity index (χ1v) is 15.5. The number of hydrogen-bond acceptors (Lipinski definition) is 9. The van der Waals surface area contributed by atoms with Gasteiger partial charge in [-0.25, -0.2) is 13.4 Å². The first kappa shape index (κ1) is 26.4. The largest absolute Gasteiger partial charge is 0.463 e. The van der Waals surface area contributed by atoms with Crippen LogP contribution in [0.15, 0.2) is 46.3 Å². The summed E-state index contributed by atoms with van der Waals surface area (Å²) < 4.78 is 35.1. The van der Waals surface area contributed by atoms with Crippen molar-refractivity contribution in [2.24, 2.45) is 4.99 Å². The number of likely N-dealkylation sites (tertiary alicyclic amines) is 1. The molecule has 13 heteroatoms. The number of piperazine rings is 1. The first-order chi connectivity index (χ1) is 19.1. The number of β-amino-alcohol motifs (C(OH)–C–C–N with tert-alkyl or cyclic N) is 1. The van der Waals surface area contributed by atoms with E-state index in [1.54, 1.807) is 48.2 Å². The molecular formula is C27H33ClN6O5S. The van der Waals surface area contributed by atoms with Gasteiger partial charge in [-0.1, -0.05) is 23.7 Å². The van der Waals surface area contributed by atoms with E-state index in [1.165, 1.54) is 4.31 Å². The van der Waals surface area contributed by atoms with Gasteiger partial charge in [0.25, 0.3) is 6.02 Å². The Morgan fingerprint density at radius 3 is 2.58 bits per heavy atom. The highest BCUT2D eigenvalue weighted by Gasteiger charge is 2.67. The van der Waals surface area contributed by atoms with Crippen molar-refractivity contribution in [1.82, 2.24) is 23.9 Å². The number of rotatable bonds is 2. The number of aliphatic hydroxyl groups excluding tert-OH is 1. The molecule has 7 rings (SSSR count). The zero-order chi connectivity index (χ0) is 27.9. The van der Waals surface area contributed by atoms with E-state index in [9.17, 15) is 18.3 Å². The monoisotopic (exact) mass is 588 g/mol. The number of nitrogens with zero attached hydrogens (tertiary/aromatic N) is 6. The third-order valence-electron chi connectivity index (χ3n) is 9.38. The lowest BCUT2D eigenvalue weighted by atomic mass is 9.86. The van der Waals surface area contributed by atoms with Gasteiger partial charge in [-0.3, -0.25) is 14.6 Å². The van der Waals surface area contributed by atoms with E-state index in [2.05, 4.69) is 14.8 Å². The lowest BCUT2D eigenvalue weighted by Gasteiger charge is -2.50. The highest BCUT2D eigenvalue weighted by Crippen LogP contribution is 2.50. The summed E-state index contributed by atoms with van der Waals surface area (Å²) in [7, 11) is -3.94. The van der Waals surface area contributed by atoms with E-state index in [-0.39, 0.29) is 29.4 Å². The molecule has 5 heterocycles. The summed E-state index contributed by atoms with van der Waals surface area (Å²) in [4.78, 5) is 25.5. The van der Waals surface area contributed by atoms with Crippen molar-refractivity contribution in [2.75, 3.05) is 59.1 Å². The second-order valence-corrected chi connectivity index (χ2v) is 13.9. The molecule has 5 aliphatic heterocycles. The number of hydrogen-bond donors (Lipinski definition) is 1. The van der Waals surface area contributed by atoms with Gasteiger partial charge in [0.15, 0.2) is 0 Å². The number of sulfonamides is 1. The summed E-state index contributed by atoms with van der Waals surface area (Å²) in [5.74, 6) is -0.0623. The fourth-order valence-corrected chi connectivity index (χ4v) is 9.02. The average molecular weight is 589 g/mol. The van der Waals surface area contributed by atoms with Crippen LogP contribution in [0.25, 0.3) is 10.8 Å². The van der Waals surface area contributed by atoms with Gasteiger partial charge in [0.2, 0.25) is 15.9 Å². The number of benzene rings is 2. The second kappa shape index (κ2) is 9.27. The van der Waals surface area contributed by atoms with Crippen LogP contribution in [0.4, 0.5) is 0 Å². The van der Waals surface area contributed by atoms with Crippen LogP contribution >= 0.6 is 11.6 Å². The molecule has 4 saturated heterocycles. The molecule has 4 fully saturated rings. The molecule has 0 saturated carbocycles. The molecule has 5 aliphatic rings. The number of halogens is 1. The summed E-state index contributed by atoms with van der Waals surface area (Å²) in [6.07, 6.45) is 0.593. The number of aliphatic hydroxyl groups is 1. The number of ether oxygens (including phenoxy) is 1. The average Bonchev–Trinajstić information content (AvgIpc) is 3.65. The van der Waals surface area contributed by atoms with Crippen molar-refractivity contribution < 1.29 is 23.1 Å². The Morgan fingerprint density at radius 1 is 1.10 bits per heavy atom. The predicted molar refractivity (Wildman–Crippen MR) is 149 cm³/mol. The van der Waals surface area contributed by atoms with Crippen LogP contribution in [0.5, 0.6) is 0 Å². The van der Waals surface area contributed by atoms with Crippen molar-refractivity contribution in [3.8, 4) is 0 Å². The Balaban J connectivity index is 1.22. The number of amidine groups is 1. The van der Waals surface area contributed by atoms with Gasteiger partial charge in [-0.15, -0.1) is 0 Å². The zero-order valence-corrected chi connectivity index (χ0v) is 23.9. The molecular weight excluding hydrogens is 556 g/mol. The number of carbonyl (C=O) groups excluding carboxylic acids is 1. The molecule has 2 spiro atoms. The fourth-order valence-electron chi connectivity index (χ4n) is 7.32. The number of piperidine rings is 1. The molecule has 2 aromatic rings. The molecule has 40 heavy (non-hydrogen) atoms. The van der Waals surface area contributed by atoms with Crippen molar-refractivity contribution in [3.63, 3.8) is 0 Å². The smallest absolute Gasteiger partial charge is 0.287 e. The number of carbonyl (C=O) groups is 1. The van der Waals surface area contributed by atoms with Gasteiger partial charge < -0.3 is 19.6 Å². The maximum atomic E-state index is 14.0. The Hall–Kier alpha value is -2.48. The van der Waals surface area contributed by atoms with Crippen LogP contribution in [0, 0.1) is 0 Å². The standard InChI is InChI=1S/C27H33ClN6O5S/c1-19(35)31-16-27-17-32(40(37,38)23-5-3-20-12-22(28)4-2-21(20)13-23)14-24(36)33(27)15-26(34(27)18-31)6-9-30(10-7-26)25-29-8-11-39-25/h2-5,12-13,24,36H,6-11,14-18H2,1H3. The van der Waals surface area contributed by atoms with E-state index < -0.39 is 21.9 Å². The molecule has 2 aromatic carbocycles. The number of fused-ring (bicyclic) bond motifs is 2. The summed E-state index contributed by atoms with van der Waals surface area (Å²) in [5.41, 5.74) is -1.12. The quantitative estimate of drug-likeness (QED) is 0.557. The van der Waals surface area contributed by atoms with Gasteiger partial charge in [-0.05, 0) is 47.9 Å². The Labute approximate surface area is 238 Å². The highest BCUT2D eigenvalue weighted by molar-refractivity contribution is 7.89. The van der Waals surface area contributed by atoms with E-state index >= 15 is 0 Å². The molecule has 0 aliphatic carbocycles. The Bertz CT molecular complexity index is 1510. The second-order valence-electron chi connectivity index (χ2n) is 11.6. The van der Waals surface area contributed by atoms with Crippen molar-refractivity contribution in [1.29, 1.82) is 0 Å². The Kier molecular flexibility index (Phi) is 6.12. The summed E-state index contributed by atoms with van der Waals surface area (Å²) in [6, 6.07) is 11.1. The molecule has 1 amide bonds. The normalized spacial score (nSPS) is 29.1.